The number of rotatable bonds is 9. The van der Waals surface area contributed by atoms with E-state index in [1.54, 1.807) is 36.4 Å². The van der Waals surface area contributed by atoms with Gasteiger partial charge < -0.3 is 24.6 Å². The van der Waals surface area contributed by atoms with Crippen LogP contribution in [0.25, 0.3) is 21.9 Å². The van der Waals surface area contributed by atoms with Crippen molar-refractivity contribution in [3.63, 3.8) is 0 Å². The fourth-order valence-corrected chi connectivity index (χ4v) is 6.56. The van der Waals surface area contributed by atoms with E-state index in [4.69, 9.17) is 26.5 Å². The van der Waals surface area contributed by atoms with Gasteiger partial charge in [-0.2, -0.15) is 8.78 Å². The van der Waals surface area contributed by atoms with Gasteiger partial charge in [-0.3, -0.25) is 0 Å². The Balaban J connectivity index is 0.000000418. The third-order valence-electron chi connectivity index (χ3n) is 8.45. The standard InChI is InChI=1S/C28H26ClF2NO3S.C6H14N2/c29-20-7-13-24-23-12-6-19(14-25(23)35-26(24)15-20)28(30,31)27(16-33)32-36-22-10-8-21(9-11-22)34-17-18-4-2-1-3-5-18;1-8-4-2-6(7)3-5-8/h6-16,18,27,32H,1-5,17H2;6H,2-5,7H2,1H3. The highest BCUT2D eigenvalue weighted by atomic mass is 35.5. The number of ether oxygens (including phenoxy) is 1. The number of benzene rings is 3. The molecule has 0 bridgehead atoms. The number of halogens is 3. The van der Waals surface area contributed by atoms with Gasteiger partial charge in [0.05, 0.1) is 6.61 Å². The molecule has 1 saturated heterocycles. The highest BCUT2D eigenvalue weighted by molar-refractivity contribution is 7.97. The second-order valence-electron chi connectivity index (χ2n) is 11.8. The Morgan fingerprint density at radius 3 is 2.34 bits per heavy atom. The number of nitrogens with zero attached hydrogens (tertiary/aromatic N) is 1. The molecule has 4 aromatic rings. The molecule has 2 aliphatic rings. The fourth-order valence-electron chi connectivity index (χ4n) is 5.66. The molecule has 3 N–H and O–H groups in total. The number of piperidine rings is 1. The molecule has 2 fully saturated rings. The molecule has 10 heteroatoms. The minimum Gasteiger partial charge on any atom is -0.493 e. The quantitative estimate of drug-likeness (QED) is 0.141. The van der Waals surface area contributed by atoms with Crippen molar-refractivity contribution in [2.75, 3.05) is 26.7 Å². The van der Waals surface area contributed by atoms with Crippen LogP contribution in [0.4, 0.5) is 8.78 Å². The number of carbonyl (C=O) groups excluding carboxylic acids is 1. The monoisotopic (exact) mass is 643 g/mol. The lowest BCUT2D eigenvalue weighted by molar-refractivity contribution is -0.119. The highest BCUT2D eigenvalue weighted by Crippen LogP contribution is 2.37. The molecule has 1 unspecified atom stereocenters. The van der Waals surface area contributed by atoms with E-state index < -0.39 is 12.0 Å². The highest BCUT2D eigenvalue weighted by Gasteiger charge is 2.42. The van der Waals surface area contributed by atoms with Crippen LogP contribution in [0.2, 0.25) is 5.02 Å². The van der Waals surface area contributed by atoms with Gasteiger partial charge in [-0.05, 0) is 112 Å². The lowest BCUT2D eigenvalue weighted by Crippen LogP contribution is -2.41. The van der Waals surface area contributed by atoms with Crippen molar-refractivity contribution in [1.82, 2.24) is 9.62 Å². The number of likely N-dealkylation sites (tertiary alicyclic amines) is 1. The van der Waals surface area contributed by atoms with Gasteiger partial charge in [-0.15, -0.1) is 0 Å². The molecular formula is C34H40ClF2N3O3S. The Morgan fingerprint density at radius 1 is 1.02 bits per heavy atom. The number of carbonyl (C=O) groups is 1. The van der Waals surface area contributed by atoms with Crippen LogP contribution >= 0.6 is 23.5 Å². The van der Waals surface area contributed by atoms with Gasteiger partial charge in [0.2, 0.25) is 0 Å². The molecule has 236 valence electrons. The molecule has 6 rings (SSSR count). The summed E-state index contributed by atoms with van der Waals surface area (Å²) in [6, 6.07) is 15.3. The van der Waals surface area contributed by atoms with Crippen molar-refractivity contribution in [3.8, 4) is 5.75 Å². The largest absolute Gasteiger partial charge is 0.493 e. The van der Waals surface area contributed by atoms with Crippen molar-refractivity contribution in [2.45, 2.75) is 67.8 Å². The van der Waals surface area contributed by atoms with Crippen LogP contribution in [-0.4, -0.2) is 50.0 Å². The van der Waals surface area contributed by atoms with E-state index in [0.717, 1.165) is 23.1 Å². The van der Waals surface area contributed by atoms with Crippen LogP contribution in [-0.2, 0) is 10.7 Å². The van der Waals surface area contributed by atoms with E-state index in [0.29, 0.717) is 45.0 Å². The fraction of sp³-hybridized carbons (Fsp3) is 0.441. The number of furan rings is 1. The first kappa shape index (κ1) is 32.7. The summed E-state index contributed by atoms with van der Waals surface area (Å²) in [4.78, 5) is 14.7. The van der Waals surface area contributed by atoms with Crippen LogP contribution in [0.3, 0.4) is 0 Å². The van der Waals surface area contributed by atoms with Gasteiger partial charge >= 0.3 is 0 Å². The molecular weight excluding hydrogens is 604 g/mol. The van der Waals surface area contributed by atoms with E-state index in [1.807, 2.05) is 12.1 Å². The normalized spacial score (nSPS) is 17.8. The molecule has 6 nitrogen and oxygen atoms in total. The minimum absolute atomic E-state index is 0.233. The summed E-state index contributed by atoms with van der Waals surface area (Å²) in [5.41, 5.74) is 6.19. The van der Waals surface area contributed by atoms with E-state index in [-0.39, 0.29) is 11.8 Å². The molecule has 3 aromatic carbocycles. The summed E-state index contributed by atoms with van der Waals surface area (Å²) in [6.45, 7) is 3.06. The number of hydrogen-bond acceptors (Lipinski definition) is 7. The second kappa shape index (κ2) is 15.1. The summed E-state index contributed by atoms with van der Waals surface area (Å²) in [6.07, 6.45) is 8.83. The van der Waals surface area contributed by atoms with E-state index >= 15 is 8.78 Å². The van der Waals surface area contributed by atoms with Crippen molar-refractivity contribution in [3.05, 3.63) is 71.2 Å². The maximum atomic E-state index is 15.3. The van der Waals surface area contributed by atoms with Crippen LogP contribution in [0.1, 0.15) is 50.5 Å². The van der Waals surface area contributed by atoms with Gasteiger partial charge in [0.1, 0.15) is 29.2 Å². The Labute approximate surface area is 266 Å². The SMILES string of the molecule is CN1CCC(N)CC1.O=CC(NSc1ccc(OCC2CCCCC2)cc1)C(F)(F)c1ccc2c(c1)oc1cc(Cl)ccc12. The van der Waals surface area contributed by atoms with Crippen LogP contribution in [0, 0.1) is 5.92 Å². The first-order valence-electron chi connectivity index (χ1n) is 15.3. The number of fused-ring (bicyclic) bond motifs is 3. The molecule has 1 aliphatic carbocycles. The average molecular weight is 644 g/mol. The molecule has 1 aromatic heterocycles. The predicted molar refractivity (Wildman–Crippen MR) is 175 cm³/mol. The Bertz CT molecular complexity index is 1510. The zero-order valence-corrected chi connectivity index (χ0v) is 26.5. The maximum Gasteiger partial charge on any atom is 0.295 e. The lowest BCUT2D eigenvalue weighted by atomic mass is 9.90. The average Bonchev–Trinajstić information content (AvgIpc) is 3.40. The van der Waals surface area contributed by atoms with Crippen molar-refractivity contribution >= 4 is 51.8 Å². The molecule has 1 saturated carbocycles. The maximum absolute atomic E-state index is 15.3. The van der Waals surface area contributed by atoms with Gasteiger partial charge in [0.15, 0.2) is 0 Å². The number of nitrogens with one attached hydrogen (secondary N) is 1. The number of alkyl halides is 2. The topological polar surface area (TPSA) is 80.7 Å². The van der Waals surface area contributed by atoms with Crippen molar-refractivity contribution < 1.29 is 22.7 Å². The van der Waals surface area contributed by atoms with Crippen LogP contribution < -0.4 is 15.2 Å². The van der Waals surface area contributed by atoms with Crippen LogP contribution in [0.15, 0.2) is 70.0 Å². The first-order valence-corrected chi connectivity index (χ1v) is 16.5. The molecule has 0 amide bonds. The van der Waals surface area contributed by atoms with E-state index in [9.17, 15) is 4.79 Å². The van der Waals surface area contributed by atoms with Gasteiger partial charge in [-0.1, -0.05) is 36.9 Å². The number of hydrogen-bond donors (Lipinski definition) is 2. The second-order valence-corrected chi connectivity index (χ2v) is 13.2. The summed E-state index contributed by atoms with van der Waals surface area (Å²) >= 11 is 7.00. The summed E-state index contributed by atoms with van der Waals surface area (Å²) in [5.74, 6) is -2.10. The lowest BCUT2D eigenvalue weighted by Gasteiger charge is -2.25. The van der Waals surface area contributed by atoms with Gasteiger partial charge in [-0.25, -0.2) is 4.72 Å². The molecule has 44 heavy (non-hydrogen) atoms. The van der Waals surface area contributed by atoms with E-state index in [2.05, 4.69) is 16.7 Å². The van der Waals surface area contributed by atoms with Crippen LogP contribution in [0.5, 0.6) is 5.75 Å². The number of aldehydes is 1. The molecule has 0 spiro atoms. The summed E-state index contributed by atoms with van der Waals surface area (Å²) in [5, 5.41) is 1.99. The third kappa shape index (κ3) is 8.31. The van der Waals surface area contributed by atoms with Gasteiger partial charge in [0, 0.05) is 38.4 Å². The summed E-state index contributed by atoms with van der Waals surface area (Å²) < 4.78 is 44.9. The molecule has 1 aliphatic heterocycles. The first-order chi connectivity index (χ1) is 21.2. The Hall–Kier alpha value is -2.69. The predicted octanol–water partition coefficient (Wildman–Crippen LogP) is 8.19. The third-order valence-corrected chi connectivity index (χ3v) is 9.56. The molecule has 0 radical (unpaired) electrons. The Morgan fingerprint density at radius 2 is 1.68 bits per heavy atom. The zero-order chi connectivity index (χ0) is 31.1. The smallest absolute Gasteiger partial charge is 0.295 e. The van der Waals surface area contributed by atoms with E-state index in [1.165, 1.54) is 70.2 Å². The van der Waals surface area contributed by atoms with Crippen molar-refractivity contribution in [2.24, 2.45) is 11.7 Å². The van der Waals surface area contributed by atoms with Crippen molar-refractivity contribution in [1.29, 1.82) is 0 Å². The zero-order valence-electron chi connectivity index (χ0n) is 24.9. The molecule has 2 heterocycles. The Kier molecular flexibility index (Phi) is 11.2. The number of nitrogens with two attached hydrogens (primary N) is 1. The van der Waals surface area contributed by atoms with Gasteiger partial charge in [0.25, 0.3) is 5.92 Å². The summed E-state index contributed by atoms with van der Waals surface area (Å²) in [7, 11) is 2.14. The molecule has 1 atom stereocenters. The minimum atomic E-state index is -3.46.